The number of aromatic nitrogens is 2. The van der Waals surface area contributed by atoms with E-state index in [-0.39, 0.29) is 0 Å². The van der Waals surface area contributed by atoms with Crippen LogP contribution < -0.4 is 11.1 Å². The minimum Gasteiger partial charge on any atom is -0.365 e. The van der Waals surface area contributed by atoms with E-state index in [0.29, 0.717) is 6.54 Å². The second-order valence-electron chi connectivity index (χ2n) is 3.93. The second kappa shape index (κ2) is 6.47. The maximum absolute atomic E-state index is 5.52. The maximum Gasteiger partial charge on any atom is 0.144 e. The lowest BCUT2D eigenvalue weighted by Crippen LogP contribution is -2.04. The largest absolute Gasteiger partial charge is 0.365 e. The lowest BCUT2D eigenvalue weighted by Gasteiger charge is -2.07. The predicted octanol–water partition coefficient (Wildman–Crippen LogP) is 2.35. The second-order valence-corrected chi connectivity index (χ2v) is 4.78. The number of anilines is 1. The summed E-state index contributed by atoms with van der Waals surface area (Å²) in [6.45, 7) is 1.42. The van der Waals surface area contributed by atoms with Crippen molar-refractivity contribution in [2.45, 2.75) is 13.0 Å². The van der Waals surface area contributed by atoms with Crippen molar-refractivity contribution in [1.82, 2.24) is 9.97 Å². The molecule has 1 aromatic heterocycles. The summed E-state index contributed by atoms with van der Waals surface area (Å²) in [5.74, 6) is 0.802. The molecule has 2 rings (SSSR count). The Hall–Kier alpha value is -1.46. The van der Waals surface area contributed by atoms with Gasteiger partial charge in [0.15, 0.2) is 0 Å². The highest BCUT2D eigenvalue weighted by molar-refractivity contribution is 9.10. The molecule has 0 saturated carbocycles. The summed E-state index contributed by atoms with van der Waals surface area (Å²) in [6, 6.07) is 8.43. The van der Waals surface area contributed by atoms with Gasteiger partial charge in [0.2, 0.25) is 0 Å². The molecule has 0 saturated heterocycles. The van der Waals surface area contributed by atoms with Crippen molar-refractivity contribution in [2.75, 3.05) is 11.9 Å². The van der Waals surface area contributed by atoms with E-state index < -0.39 is 0 Å². The highest BCUT2D eigenvalue weighted by atomic mass is 79.9. The summed E-state index contributed by atoms with van der Waals surface area (Å²) in [5.41, 5.74) is 8.00. The third-order valence-electron chi connectivity index (χ3n) is 2.58. The summed E-state index contributed by atoms with van der Waals surface area (Å²) in [6.07, 6.45) is 4.17. The Morgan fingerprint density at radius 3 is 2.56 bits per heavy atom. The molecule has 0 spiro atoms. The first-order valence-corrected chi connectivity index (χ1v) is 6.56. The third-order valence-corrected chi connectivity index (χ3v) is 3.16. The van der Waals surface area contributed by atoms with Gasteiger partial charge in [-0.3, -0.25) is 0 Å². The highest BCUT2D eigenvalue weighted by Crippen LogP contribution is 2.17. The monoisotopic (exact) mass is 306 g/mol. The molecule has 2 aromatic rings. The van der Waals surface area contributed by atoms with Gasteiger partial charge in [-0.15, -0.1) is 0 Å². The molecule has 0 radical (unpaired) electrons. The van der Waals surface area contributed by atoms with Crippen LogP contribution in [-0.4, -0.2) is 16.5 Å². The first kappa shape index (κ1) is 13.0. The summed E-state index contributed by atoms with van der Waals surface area (Å²) >= 11 is 3.40. The van der Waals surface area contributed by atoms with Gasteiger partial charge >= 0.3 is 0 Å². The van der Waals surface area contributed by atoms with Crippen LogP contribution in [0.25, 0.3) is 0 Å². The third kappa shape index (κ3) is 3.51. The molecule has 1 aromatic carbocycles. The van der Waals surface area contributed by atoms with Gasteiger partial charge in [0.1, 0.15) is 12.1 Å². The van der Waals surface area contributed by atoms with Gasteiger partial charge in [-0.05, 0) is 40.0 Å². The number of halogens is 1. The quantitative estimate of drug-likeness (QED) is 0.890. The normalized spacial score (nSPS) is 10.3. The van der Waals surface area contributed by atoms with Crippen LogP contribution in [0.3, 0.4) is 0 Å². The molecule has 94 valence electrons. The van der Waals surface area contributed by atoms with Gasteiger partial charge in [-0.25, -0.2) is 9.97 Å². The fourth-order valence-electron chi connectivity index (χ4n) is 1.62. The Balaban J connectivity index is 1.96. The van der Waals surface area contributed by atoms with E-state index in [9.17, 15) is 0 Å². The van der Waals surface area contributed by atoms with E-state index in [1.165, 1.54) is 17.5 Å². The lowest BCUT2D eigenvalue weighted by molar-refractivity contribution is 0.965. The van der Waals surface area contributed by atoms with E-state index in [1.54, 1.807) is 6.20 Å². The summed E-state index contributed by atoms with van der Waals surface area (Å²) in [7, 11) is 0. The van der Waals surface area contributed by atoms with Crippen molar-refractivity contribution in [3.05, 3.63) is 52.4 Å². The molecule has 0 atom stereocenters. The fourth-order valence-corrected chi connectivity index (χ4v) is 1.98. The number of benzene rings is 1. The first-order valence-electron chi connectivity index (χ1n) is 5.77. The number of hydrogen-bond acceptors (Lipinski definition) is 4. The van der Waals surface area contributed by atoms with Crippen molar-refractivity contribution < 1.29 is 0 Å². The number of nitrogens with zero attached hydrogens (tertiary/aromatic N) is 2. The molecule has 5 heteroatoms. The molecule has 0 unspecified atom stereocenters. The van der Waals surface area contributed by atoms with Crippen molar-refractivity contribution in [2.24, 2.45) is 5.73 Å². The standard InChI is InChI=1S/C13H15BrN4/c14-12-8-16-9-18-13(12)17-7-11-3-1-10(2-4-11)5-6-15/h1-4,8-9H,5-7,15H2,(H,16,17,18). The highest BCUT2D eigenvalue weighted by Gasteiger charge is 2.00. The van der Waals surface area contributed by atoms with Crippen molar-refractivity contribution in [1.29, 1.82) is 0 Å². The average molecular weight is 307 g/mol. The Bertz CT molecular complexity index is 499. The van der Waals surface area contributed by atoms with Crippen LogP contribution in [0.5, 0.6) is 0 Å². The molecule has 1 heterocycles. The SMILES string of the molecule is NCCc1ccc(CNc2ncncc2Br)cc1. The molecule has 0 amide bonds. The molecule has 4 nitrogen and oxygen atoms in total. The number of rotatable bonds is 5. The van der Waals surface area contributed by atoms with Crippen LogP contribution >= 0.6 is 15.9 Å². The first-order chi connectivity index (χ1) is 8.79. The Morgan fingerprint density at radius 2 is 1.89 bits per heavy atom. The van der Waals surface area contributed by atoms with Crippen molar-refractivity contribution in [3.8, 4) is 0 Å². The van der Waals surface area contributed by atoms with E-state index >= 15 is 0 Å². The maximum atomic E-state index is 5.52. The molecule has 0 aliphatic rings. The van der Waals surface area contributed by atoms with Gasteiger partial charge in [0.25, 0.3) is 0 Å². The van der Waals surface area contributed by atoms with Gasteiger partial charge < -0.3 is 11.1 Å². The van der Waals surface area contributed by atoms with Crippen LogP contribution in [0.1, 0.15) is 11.1 Å². The van der Waals surface area contributed by atoms with Gasteiger partial charge in [-0.1, -0.05) is 24.3 Å². The van der Waals surface area contributed by atoms with E-state index in [1.807, 2.05) is 0 Å². The number of hydrogen-bond donors (Lipinski definition) is 2. The van der Waals surface area contributed by atoms with E-state index in [0.717, 1.165) is 23.3 Å². The zero-order chi connectivity index (χ0) is 12.8. The minimum absolute atomic E-state index is 0.686. The summed E-state index contributed by atoms with van der Waals surface area (Å²) in [4.78, 5) is 8.08. The Kier molecular flexibility index (Phi) is 4.66. The van der Waals surface area contributed by atoms with Crippen LogP contribution in [0.2, 0.25) is 0 Å². The van der Waals surface area contributed by atoms with Gasteiger partial charge in [0, 0.05) is 12.7 Å². The molecular weight excluding hydrogens is 292 g/mol. The average Bonchev–Trinajstić information content (AvgIpc) is 2.40. The van der Waals surface area contributed by atoms with Crippen LogP contribution in [0.15, 0.2) is 41.3 Å². The van der Waals surface area contributed by atoms with Crippen molar-refractivity contribution >= 4 is 21.7 Å². The smallest absolute Gasteiger partial charge is 0.144 e. The molecular formula is C13H15BrN4. The summed E-state index contributed by atoms with van der Waals surface area (Å²) < 4.78 is 0.866. The molecule has 3 N–H and O–H groups in total. The predicted molar refractivity (Wildman–Crippen MR) is 76.3 cm³/mol. The van der Waals surface area contributed by atoms with Crippen LogP contribution in [0, 0.1) is 0 Å². The Morgan fingerprint density at radius 1 is 1.17 bits per heavy atom. The number of nitrogens with two attached hydrogens (primary N) is 1. The Labute approximate surface area is 115 Å². The minimum atomic E-state index is 0.686. The molecule has 18 heavy (non-hydrogen) atoms. The molecule has 0 aliphatic heterocycles. The van der Waals surface area contributed by atoms with E-state index in [4.69, 9.17) is 5.73 Å². The van der Waals surface area contributed by atoms with Gasteiger partial charge in [0.05, 0.1) is 4.47 Å². The van der Waals surface area contributed by atoms with Crippen LogP contribution in [-0.2, 0) is 13.0 Å². The lowest BCUT2D eigenvalue weighted by atomic mass is 10.1. The molecule has 0 fully saturated rings. The molecule has 0 aliphatic carbocycles. The fraction of sp³-hybridized carbons (Fsp3) is 0.231. The number of nitrogens with one attached hydrogen (secondary N) is 1. The zero-order valence-corrected chi connectivity index (χ0v) is 11.5. The van der Waals surface area contributed by atoms with Crippen molar-refractivity contribution in [3.63, 3.8) is 0 Å². The van der Waals surface area contributed by atoms with Crippen LogP contribution in [0.4, 0.5) is 5.82 Å². The van der Waals surface area contributed by atoms with Gasteiger partial charge in [-0.2, -0.15) is 0 Å². The summed E-state index contributed by atoms with van der Waals surface area (Å²) in [5, 5.41) is 3.26. The van der Waals surface area contributed by atoms with E-state index in [2.05, 4.69) is 55.5 Å². The molecule has 0 bridgehead atoms. The zero-order valence-electron chi connectivity index (χ0n) is 9.94. The topological polar surface area (TPSA) is 63.8 Å².